The Morgan fingerprint density at radius 2 is 2.15 bits per heavy atom. The molecule has 110 valence electrons. The van der Waals surface area contributed by atoms with Crippen LogP contribution in [0.25, 0.3) is 0 Å². The van der Waals surface area contributed by atoms with E-state index in [1.807, 2.05) is 17.9 Å². The molecule has 0 saturated carbocycles. The van der Waals surface area contributed by atoms with Gasteiger partial charge in [-0.25, -0.2) is 0 Å². The molecule has 1 aliphatic rings. The van der Waals surface area contributed by atoms with Crippen molar-refractivity contribution in [3.05, 3.63) is 28.8 Å². The van der Waals surface area contributed by atoms with Crippen LogP contribution in [-0.4, -0.2) is 31.0 Å². The largest absolute Gasteiger partial charge is 0.496 e. The van der Waals surface area contributed by atoms with Gasteiger partial charge in [0.2, 0.25) is 5.91 Å². The summed E-state index contributed by atoms with van der Waals surface area (Å²) >= 11 is 0. The molecule has 0 spiro atoms. The van der Waals surface area contributed by atoms with Crippen LogP contribution >= 0.6 is 0 Å². The number of benzene rings is 1. The summed E-state index contributed by atoms with van der Waals surface area (Å²) in [6.45, 7) is 8.12. The number of likely N-dealkylation sites (tertiary alicyclic amines) is 1. The van der Waals surface area contributed by atoms with Crippen molar-refractivity contribution in [3.63, 3.8) is 0 Å². The number of piperidine rings is 1. The third-order valence-electron chi connectivity index (χ3n) is 4.13. The summed E-state index contributed by atoms with van der Waals surface area (Å²) in [5.74, 6) is 1.68. The Morgan fingerprint density at radius 3 is 2.80 bits per heavy atom. The minimum atomic E-state index is 0.224. The Labute approximate surface area is 121 Å². The lowest BCUT2D eigenvalue weighted by molar-refractivity contribution is -0.132. The highest BCUT2D eigenvalue weighted by Crippen LogP contribution is 2.26. The summed E-state index contributed by atoms with van der Waals surface area (Å²) in [7, 11) is 1.67. The number of aryl methyl sites for hydroxylation is 2. The SMILES string of the molecule is COc1cc(C)cc(C)c1CC(=O)N1CCCC(C)C1. The van der Waals surface area contributed by atoms with E-state index in [0.717, 1.165) is 36.4 Å². The first-order chi connectivity index (χ1) is 9.51. The first-order valence-corrected chi connectivity index (χ1v) is 7.43. The molecule has 1 saturated heterocycles. The topological polar surface area (TPSA) is 29.5 Å². The standard InChI is InChI=1S/C17H25NO2/c1-12-6-5-7-18(11-12)17(19)10-15-14(3)8-13(2)9-16(15)20-4/h8-9,12H,5-7,10-11H2,1-4H3. The van der Waals surface area contributed by atoms with Crippen molar-refractivity contribution in [1.29, 1.82) is 0 Å². The predicted molar refractivity (Wildman–Crippen MR) is 81.2 cm³/mol. The maximum Gasteiger partial charge on any atom is 0.227 e. The molecule has 3 heteroatoms. The molecular formula is C17H25NO2. The minimum absolute atomic E-state index is 0.224. The molecule has 0 aliphatic carbocycles. The zero-order chi connectivity index (χ0) is 14.7. The Morgan fingerprint density at radius 1 is 1.40 bits per heavy atom. The monoisotopic (exact) mass is 275 g/mol. The lowest BCUT2D eigenvalue weighted by atomic mass is 9.98. The molecule has 1 atom stereocenters. The highest BCUT2D eigenvalue weighted by atomic mass is 16.5. The molecular weight excluding hydrogens is 250 g/mol. The van der Waals surface area contributed by atoms with E-state index in [-0.39, 0.29) is 5.91 Å². The van der Waals surface area contributed by atoms with E-state index in [0.29, 0.717) is 12.3 Å². The number of methoxy groups -OCH3 is 1. The van der Waals surface area contributed by atoms with Gasteiger partial charge in [-0.15, -0.1) is 0 Å². The van der Waals surface area contributed by atoms with Crippen molar-refractivity contribution in [2.24, 2.45) is 5.92 Å². The Balaban J connectivity index is 2.15. The molecule has 1 fully saturated rings. The van der Waals surface area contributed by atoms with Crippen molar-refractivity contribution in [3.8, 4) is 5.75 Å². The van der Waals surface area contributed by atoms with Crippen LogP contribution in [0.1, 0.15) is 36.5 Å². The lowest BCUT2D eigenvalue weighted by Crippen LogP contribution is -2.40. The van der Waals surface area contributed by atoms with E-state index in [4.69, 9.17) is 4.74 Å². The van der Waals surface area contributed by atoms with Crippen LogP contribution < -0.4 is 4.74 Å². The molecule has 0 N–H and O–H groups in total. The molecule has 1 aliphatic heterocycles. The fourth-order valence-corrected chi connectivity index (χ4v) is 3.05. The molecule has 3 nitrogen and oxygen atoms in total. The number of ether oxygens (including phenoxy) is 1. The van der Waals surface area contributed by atoms with Crippen LogP contribution in [0.15, 0.2) is 12.1 Å². The summed E-state index contributed by atoms with van der Waals surface area (Å²) in [6.07, 6.45) is 2.80. The van der Waals surface area contributed by atoms with E-state index in [1.54, 1.807) is 7.11 Å². The normalized spacial score (nSPS) is 19.0. The van der Waals surface area contributed by atoms with Crippen molar-refractivity contribution >= 4 is 5.91 Å². The molecule has 0 radical (unpaired) electrons. The Hall–Kier alpha value is -1.51. The van der Waals surface area contributed by atoms with E-state index in [2.05, 4.69) is 19.9 Å². The zero-order valence-electron chi connectivity index (χ0n) is 13.0. The molecule has 1 aromatic rings. The number of carbonyl (C=O) groups excluding carboxylic acids is 1. The molecule has 1 aromatic carbocycles. The molecule has 20 heavy (non-hydrogen) atoms. The van der Waals surface area contributed by atoms with E-state index in [9.17, 15) is 4.79 Å². The minimum Gasteiger partial charge on any atom is -0.496 e. The van der Waals surface area contributed by atoms with Crippen molar-refractivity contribution in [2.75, 3.05) is 20.2 Å². The van der Waals surface area contributed by atoms with Gasteiger partial charge in [-0.2, -0.15) is 0 Å². The van der Waals surface area contributed by atoms with E-state index < -0.39 is 0 Å². The van der Waals surface area contributed by atoms with Crippen LogP contribution in [0.5, 0.6) is 5.75 Å². The first-order valence-electron chi connectivity index (χ1n) is 7.43. The molecule has 0 bridgehead atoms. The second-order valence-corrected chi connectivity index (χ2v) is 6.03. The number of amides is 1. The number of hydrogen-bond acceptors (Lipinski definition) is 2. The second-order valence-electron chi connectivity index (χ2n) is 6.03. The van der Waals surface area contributed by atoms with E-state index >= 15 is 0 Å². The zero-order valence-corrected chi connectivity index (χ0v) is 13.0. The number of carbonyl (C=O) groups is 1. The smallest absolute Gasteiger partial charge is 0.227 e. The summed E-state index contributed by atoms with van der Waals surface area (Å²) in [5, 5.41) is 0. The van der Waals surface area contributed by atoms with Gasteiger partial charge in [-0.1, -0.05) is 13.0 Å². The summed E-state index contributed by atoms with van der Waals surface area (Å²) < 4.78 is 5.45. The van der Waals surface area contributed by atoms with Crippen molar-refractivity contribution < 1.29 is 9.53 Å². The van der Waals surface area contributed by atoms with Gasteiger partial charge in [0.15, 0.2) is 0 Å². The third kappa shape index (κ3) is 3.33. The van der Waals surface area contributed by atoms with Gasteiger partial charge in [-0.05, 0) is 49.8 Å². The average molecular weight is 275 g/mol. The fourth-order valence-electron chi connectivity index (χ4n) is 3.05. The summed E-state index contributed by atoms with van der Waals surface area (Å²) in [4.78, 5) is 14.5. The number of hydrogen-bond donors (Lipinski definition) is 0. The molecule has 0 aromatic heterocycles. The second kappa shape index (κ2) is 6.29. The molecule has 1 amide bonds. The maximum absolute atomic E-state index is 12.5. The third-order valence-corrected chi connectivity index (χ3v) is 4.13. The van der Waals surface area contributed by atoms with Gasteiger partial charge in [0.1, 0.15) is 5.75 Å². The lowest BCUT2D eigenvalue weighted by Gasteiger charge is -2.31. The quantitative estimate of drug-likeness (QED) is 0.848. The number of nitrogens with zero attached hydrogens (tertiary/aromatic N) is 1. The first kappa shape index (κ1) is 14.9. The van der Waals surface area contributed by atoms with Crippen LogP contribution in [0.3, 0.4) is 0 Å². The van der Waals surface area contributed by atoms with Crippen LogP contribution in [-0.2, 0) is 11.2 Å². The highest BCUT2D eigenvalue weighted by Gasteiger charge is 2.22. The average Bonchev–Trinajstić information content (AvgIpc) is 2.41. The van der Waals surface area contributed by atoms with Gasteiger partial charge in [0.05, 0.1) is 13.5 Å². The van der Waals surface area contributed by atoms with Crippen LogP contribution in [0, 0.1) is 19.8 Å². The number of rotatable bonds is 3. The Kier molecular flexibility index (Phi) is 4.69. The predicted octanol–water partition coefficient (Wildman–Crippen LogP) is 3.11. The van der Waals surface area contributed by atoms with Crippen LogP contribution in [0.2, 0.25) is 0 Å². The summed E-state index contributed by atoms with van der Waals surface area (Å²) in [5.41, 5.74) is 3.34. The highest BCUT2D eigenvalue weighted by molar-refractivity contribution is 5.80. The maximum atomic E-state index is 12.5. The fraction of sp³-hybridized carbons (Fsp3) is 0.588. The van der Waals surface area contributed by atoms with Crippen molar-refractivity contribution in [1.82, 2.24) is 4.90 Å². The van der Waals surface area contributed by atoms with Gasteiger partial charge in [0, 0.05) is 18.7 Å². The summed E-state index contributed by atoms with van der Waals surface area (Å²) in [6, 6.07) is 4.12. The molecule has 1 unspecified atom stereocenters. The van der Waals surface area contributed by atoms with E-state index in [1.165, 1.54) is 12.0 Å². The molecule has 1 heterocycles. The van der Waals surface area contributed by atoms with Gasteiger partial charge in [0.25, 0.3) is 0 Å². The molecule has 2 rings (SSSR count). The van der Waals surface area contributed by atoms with Gasteiger partial charge >= 0.3 is 0 Å². The van der Waals surface area contributed by atoms with Gasteiger partial charge < -0.3 is 9.64 Å². The van der Waals surface area contributed by atoms with Crippen LogP contribution in [0.4, 0.5) is 0 Å². The van der Waals surface area contributed by atoms with Gasteiger partial charge in [-0.3, -0.25) is 4.79 Å². The van der Waals surface area contributed by atoms with Crippen molar-refractivity contribution in [2.45, 2.75) is 40.0 Å². The Bertz CT molecular complexity index is 496.